The van der Waals surface area contributed by atoms with Gasteiger partial charge < -0.3 is 8.85 Å². The van der Waals surface area contributed by atoms with E-state index in [0.717, 1.165) is 32.1 Å². The van der Waals surface area contributed by atoms with Gasteiger partial charge in [-0.05, 0) is 12.8 Å². The maximum atomic E-state index is 5.71. The third-order valence-corrected chi connectivity index (χ3v) is 3.90. The van der Waals surface area contributed by atoms with E-state index in [0.29, 0.717) is 0 Å². The Hall–Kier alpha value is -0.123. The zero-order chi connectivity index (χ0) is 10.6. The van der Waals surface area contributed by atoms with E-state index in [-0.39, 0.29) is 0 Å². The van der Waals surface area contributed by atoms with E-state index >= 15 is 0 Å². The van der Waals surface area contributed by atoms with Crippen molar-refractivity contribution in [2.75, 3.05) is 13.2 Å². The SMILES string of the molecule is C=CC[SiH](OCCCC)OCCCC. The highest BCUT2D eigenvalue weighted by Crippen LogP contribution is 2.02. The standard InChI is InChI=1S/C11H24O2Si/c1-4-7-9-12-14(11-6-3)13-10-8-5-2/h6,14H,3-5,7-11H2,1-2H3. The molecule has 0 aliphatic rings. The molecule has 0 fully saturated rings. The van der Waals surface area contributed by atoms with Gasteiger partial charge in [-0.2, -0.15) is 0 Å². The molecule has 0 aromatic heterocycles. The van der Waals surface area contributed by atoms with Crippen molar-refractivity contribution >= 4 is 9.28 Å². The molecule has 0 aromatic carbocycles. The van der Waals surface area contributed by atoms with Gasteiger partial charge in [-0.3, -0.25) is 0 Å². The highest BCUT2D eigenvalue weighted by molar-refractivity contribution is 6.44. The molecule has 84 valence electrons. The van der Waals surface area contributed by atoms with Crippen LogP contribution in [0.1, 0.15) is 39.5 Å². The molecule has 0 bridgehead atoms. The van der Waals surface area contributed by atoms with Gasteiger partial charge in [-0.25, -0.2) is 0 Å². The molecule has 2 nitrogen and oxygen atoms in total. The van der Waals surface area contributed by atoms with Crippen LogP contribution in [0.4, 0.5) is 0 Å². The minimum absolute atomic E-state index is 0.855. The summed E-state index contributed by atoms with van der Waals surface area (Å²) in [6, 6.07) is 0.924. The van der Waals surface area contributed by atoms with E-state index in [9.17, 15) is 0 Å². The van der Waals surface area contributed by atoms with Crippen molar-refractivity contribution in [2.24, 2.45) is 0 Å². The van der Waals surface area contributed by atoms with Crippen LogP contribution < -0.4 is 0 Å². The Morgan fingerprint density at radius 2 is 1.57 bits per heavy atom. The molecule has 0 rings (SSSR count). The van der Waals surface area contributed by atoms with E-state index < -0.39 is 9.28 Å². The van der Waals surface area contributed by atoms with E-state index in [2.05, 4.69) is 20.4 Å². The Morgan fingerprint density at radius 1 is 1.07 bits per heavy atom. The molecular weight excluding hydrogens is 192 g/mol. The molecule has 0 heterocycles. The molecule has 0 atom stereocenters. The monoisotopic (exact) mass is 216 g/mol. The predicted molar refractivity (Wildman–Crippen MR) is 63.9 cm³/mol. The lowest BCUT2D eigenvalue weighted by Gasteiger charge is -2.14. The first-order valence-corrected chi connectivity index (χ1v) is 7.45. The third kappa shape index (κ3) is 8.47. The summed E-state index contributed by atoms with van der Waals surface area (Å²) in [6.07, 6.45) is 6.55. The van der Waals surface area contributed by atoms with Gasteiger partial charge in [0.05, 0.1) is 0 Å². The second-order valence-corrected chi connectivity index (χ2v) is 5.40. The Bertz CT molecular complexity index is 118. The Balaban J connectivity index is 3.49. The quantitative estimate of drug-likeness (QED) is 0.317. The molecule has 0 unspecified atom stereocenters. The second-order valence-electron chi connectivity index (χ2n) is 3.40. The Kier molecular flexibility index (Phi) is 10.9. The van der Waals surface area contributed by atoms with Crippen LogP contribution in [0.5, 0.6) is 0 Å². The molecule has 0 radical (unpaired) electrons. The number of unbranched alkanes of at least 4 members (excludes halogenated alkanes) is 2. The van der Waals surface area contributed by atoms with Crippen LogP contribution in [0, 0.1) is 0 Å². The van der Waals surface area contributed by atoms with Gasteiger partial charge in [0, 0.05) is 19.3 Å². The lowest BCUT2D eigenvalue weighted by atomic mass is 10.4. The molecule has 14 heavy (non-hydrogen) atoms. The molecule has 0 aromatic rings. The molecular formula is C11H24O2Si. The highest BCUT2D eigenvalue weighted by Gasteiger charge is 2.10. The number of rotatable bonds is 10. The van der Waals surface area contributed by atoms with Gasteiger partial charge >= 0.3 is 9.28 Å². The predicted octanol–water partition coefficient (Wildman–Crippen LogP) is 3.03. The summed E-state index contributed by atoms with van der Waals surface area (Å²) in [5.74, 6) is 0. The first kappa shape index (κ1) is 13.9. The fourth-order valence-electron chi connectivity index (χ4n) is 1.04. The van der Waals surface area contributed by atoms with E-state index in [4.69, 9.17) is 8.85 Å². The fraction of sp³-hybridized carbons (Fsp3) is 0.818. The summed E-state index contributed by atoms with van der Waals surface area (Å²) in [5, 5.41) is 0. The van der Waals surface area contributed by atoms with Gasteiger partial charge in [0.25, 0.3) is 0 Å². The molecule has 0 aliphatic heterocycles. The fourth-order valence-corrected chi connectivity index (χ4v) is 2.54. The number of allylic oxidation sites excluding steroid dienone is 1. The van der Waals surface area contributed by atoms with Crippen LogP contribution in [-0.4, -0.2) is 22.5 Å². The summed E-state index contributed by atoms with van der Waals surface area (Å²) in [4.78, 5) is 0. The average molecular weight is 216 g/mol. The van der Waals surface area contributed by atoms with E-state index in [1.165, 1.54) is 12.8 Å². The van der Waals surface area contributed by atoms with Crippen molar-refractivity contribution in [3.8, 4) is 0 Å². The summed E-state index contributed by atoms with van der Waals surface area (Å²) in [7, 11) is -1.42. The number of hydrogen-bond acceptors (Lipinski definition) is 2. The molecule has 0 spiro atoms. The zero-order valence-electron chi connectivity index (χ0n) is 9.63. The molecule has 0 saturated carbocycles. The van der Waals surface area contributed by atoms with Gasteiger partial charge in [0.15, 0.2) is 0 Å². The molecule has 0 amide bonds. The second kappa shape index (κ2) is 11.0. The summed E-state index contributed by atoms with van der Waals surface area (Å²) >= 11 is 0. The third-order valence-electron chi connectivity index (χ3n) is 1.96. The van der Waals surface area contributed by atoms with Crippen LogP contribution in [0.15, 0.2) is 12.7 Å². The van der Waals surface area contributed by atoms with Crippen molar-refractivity contribution < 1.29 is 8.85 Å². The van der Waals surface area contributed by atoms with Crippen molar-refractivity contribution in [3.05, 3.63) is 12.7 Å². The lowest BCUT2D eigenvalue weighted by molar-refractivity contribution is 0.194. The smallest absolute Gasteiger partial charge is 0.325 e. The highest BCUT2D eigenvalue weighted by atomic mass is 28.3. The number of hydrogen-bond donors (Lipinski definition) is 0. The molecule has 0 saturated heterocycles. The van der Waals surface area contributed by atoms with Gasteiger partial charge in [-0.15, -0.1) is 6.58 Å². The maximum Gasteiger partial charge on any atom is 0.325 e. The molecule has 0 aliphatic carbocycles. The summed E-state index contributed by atoms with van der Waals surface area (Å²) in [5.41, 5.74) is 0. The molecule has 3 heteroatoms. The summed E-state index contributed by atoms with van der Waals surface area (Å²) in [6.45, 7) is 9.78. The first-order valence-electron chi connectivity index (χ1n) is 5.69. The van der Waals surface area contributed by atoms with Crippen LogP contribution in [0.3, 0.4) is 0 Å². The Labute approximate surface area is 90.2 Å². The largest absolute Gasteiger partial charge is 0.396 e. The van der Waals surface area contributed by atoms with Crippen LogP contribution in [0.2, 0.25) is 6.04 Å². The minimum Gasteiger partial charge on any atom is -0.396 e. The van der Waals surface area contributed by atoms with Gasteiger partial charge in [0.2, 0.25) is 0 Å². The maximum absolute atomic E-state index is 5.71. The van der Waals surface area contributed by atoms with Crippen molar-refractivity contribution in [1.82, 2.24) is 0 Å². The topological polar surface area (TPSA) is 18.5 Å². The van der Waals surface area contributed by atoms with Crippen LogP contribution in [0.25, 0.3) is 0 Å². The minimum atomic E-state index is -1.42. The molecule has 0 N–H and O–H groups in total. The zero-order valence-corrected chi connectivity index (χ0v) is 10.8. The van der Waals surface area contributed by atoms with Gasteiger partial charge in [0.1, 0.15) is 0 Å². The van der Waals surface area contributed by atoms with Gasteiger partial charge in [-0.1, -0.05) is 32.8 Å². The van der Waals surface area contributed by atoms with Crippen LogP contribution in [-0.2, 0) is 8.85 Å². The lowest BCUT2D eigenvalue weighted by Crippen LogP contribution is -2.23. The first-order chi connectivity index (χ1) is 6.85. The van der Waals surface area contributed by atoms with Crippen molar-refractivity contribution in [1.29, 1.82) is 0 Å². The average Bonchev–Trinajstić information content (AvgIpc) is 2.18. The van der Waals surface area contributed by atoms with E-state index in [1.807, 2.05) is 6.08 Å². The summed E-state index contributed by atoms with van der Waals surface area (Å²) < 4.78 is 11.4. The van der Waals surface area contributed by atoms with E-state index in [1.54, 1.807) is 0 Å². The Morgan fingerprint density at radius 3 is 1.93 bits per heavy atom. The van der Waals surface area contributed by atoms with Crippen molar-refractivity contribution in [2.45, 2.75) is 45.6 Å². The van der Waals surface area contributed by atoms with Crippen molar-refractivity contribution in [3.63, 3.8) is 0 Å². The van der Waals surface area contributed by atoms with Crippen LogP contribution >= 0.6 is 0 Å². The normalized spacial score (nSPS) is 10.8.